The Morgan fingerprint density at radius 2 is 2.03 bits per heavy atom. The van der Waals surface area contributed by atoms with Crippen molar-refractivity contribution in [2.45, 2.75) is 13.0 Å². The van der Waals surface area contributed by atoms with E-state index in [9.17, 15) is 4.79 Å². The molecule has 3 heterocycles. The molecule has 2 aromatic heterocycles. The molecule has 10 heteroatoms. The third-order valence-electron chi connectivity index (χ3n) is 5.08. The summed E-state index contributed by atoms with van der Waals surface area (Å²) in [6.45, 7) is 2.08. The first kappa shape index (κ1) is 19.6. The van der Waals surface area contributed by atoms with E-state index in [1.165, 1.54) is 0 Å². The molecule has 2 aromatic carbocycles. The first-order valence-electron chi connectivity index (χ1n) is 9.94. The minimum absolute atomic E-state index is 0.140. The molecule has 5 rings (SSSR count). The van der Waals surface area contributed by atoms with Crippen LogP contribution in [0.4, 0.5) is 10.7 Å². The molecule has 0 fully saturated rings. The van der Waals surface area contributed by atoms with Crippen LogP contribution in [-0.4, -0.2) is 39.5 Å². The van der Waals surface area contributed by atoms with Crippen molar-refractivity contribution < 1.29 is 19.0 Å². The third kappa shape index (κ3) is 3.73. The summed E-state index contributed by atoms with van der Waals surface area (Å²) in [4.78, 5) is 21.1. The van der Waals surface area contributed by atoms with Crippen LogP contribution in [0.15, 0.2) is 54.7 Å². The second-order valence-corrected chi connectivity index (χ2v) is 7.14. The molecule has 1 aliphatic heterocycles. The van der Waals surface area contributed by atoms with Gasteiger partial charge in [0.05, 0.1) is 18.8 Å². The zero-order valence-corrected chi connectivity index (χ0v) is 17.4. The van der Waals surface area contributed by atoms with Crippen LogP contribution in [0.25, 0.3) is 17.0 Å². The highest BCUT2D eigenvalue weighted by Crippen LogP contribution is 2.35. The minimum atomic E-state index is -0.430. The van der Waals surface area contributed by atoms with E-state index in [0.29, 0.717) is 17.3 Å². The number of aromatic nitrogens is 4. The van der Waals surface area contributed by atoms with Crippen LogP contribution >= 0.6 is 0 Å². The molecule has 0 bridgehead atoms. The van der Waals surface area contributed by atoms with Crippen LogP contribution in [0, 0.1) is 0 Å². The van der Waals surface area contributed by atoms with Crippen LogP contribution in [-0.2, 0) is 0 Å². The third-order valence-corrected chi connectivity index (χ3v) is 5.08. The number of ether oxygens (including phenoxy) is 3. The maximum absolute atomic E-state index is 12.5. The molecule has 0 saturated heterocycles. The lowest BCUT2D eigenvalue weighted by atomic mass is 10.1. The fraction of sp³-hybridized carbons (Fsp3) is 0.182. The van der Waals surface area contributed by atoms with Gasteiger partial charge >= 0.3 is 6.03 Å². The first-order valence-corrected chi connectivity index (χ1v) is 9.94. The summed E-state index contributed by atoms with van der Waals surface area (Å²) < 4.78 is 17.6. The van der Waals surface area contributed by atoms with E-state index >= 15 is 0 Å². The van der Waals surface area contributed by atoms with Gasteiger partial charge in [-0.15, -0.1) is 5.10 Å². The summed E-state index contributed by atoms with van der Waals surface area (Å²) in [6.07, 6.45) is 1.64. The molecule has 0 aliphatic carbocycles. The summed E-state index contributed by atoms with van der Waals surface area (Å²) in [5.74, 6) is 2.58. The largest absolute Gasteiger partial charge is 0.497 e. The van der Waals surface area contributed by atoms with E-state index in [4.69, 9.17) is 14.2 Å². The number of fused-ring (bicyclic) bond motifs is 2. The Labute approximate surface area is 183 Å². The van der Waals surface area contributed by atoms with Gasteiger partial charge in [-0.25, -0.2) is 9.78 Å². The molecular formula is C22H20N6O4. The number of carbonyl (C=O) groups excluding carboxylic acids is 1. The van der Waals surface area contributed by atoms with E-state index < -0.39 is 6.03 Å². The molecular weight excluding hydrogens is 412 g/mol. The maximum atomic E-state index is 12.5. The van der Waals surface area contributed by atoms with Crippen LogP contribution in [0.2, 0.25) is 0 Å². The number of nitrogens with zero attached hydrogens (tertiary/aromatic N) is 4. The first-order chi connectivity index (χ1) is 15.6. The molecule has 0 radical (unpaired) electrons. The lowest BCUT2D eigenvalue weighted by molar-refractivity contribution is 0.174. The van der Waals surface area contributed by atoms with E-state index in [1.807, 2.05) is 55.5 Å². The lowest BCUT2D eigenvalue weighted by Crippen LogP contribution is -2.31. The Kier molecular flexibility index (Phi) is 4.94. The molecule has 1 atom stereocenters. The van der Waals surface area contributed by atoms with Gasteiger partial charge in [0.2, 0.25) is 6.79 Å². The Bertz CT molecular complexity index is 1300. The molecule has 4 aromatic rings. The average Bonchev–Trinajstić information content (AvgIpc) is 3.44. The number of amides is 2. The smallest absolute Gasteiger partial charge is 0.322 e. The topological polar surface area (TPSA) is 112 Å². The number of benzene rings is 2. The number of urea groups is 1. The van der Waals surface area contributed by atoms with Gasteiger partial charge in [0.25, 0.3) is 11.7 Å². The van der Waals surface area contributed by atoms with Gasteiger partial charge in [-0.3, -0.25) is 5.32 Å². The Balaban J connectivity index is 1.35. The van der Waals surface area contributed by atoms with Crippen molar-refractivity contribution in [3.63, 3.8) is 0 Å². The van der Waals surface area contributed by atoms with Crippen molar-refractivity contribution in [1.29, 1.82) is 0 Å². The van der Waals surface area contributed by atoms with Gasteiger partial charge in [-0.2, -0.15) is 9.50 Å². The molecule has 32 heavy (non-hydrogen) atoms. The number of rotatable bonds is 5. The van der Waals surface area contributed by atoms with E-state index in [-0.39, 0.29) is 18.8 Å². The summed E-state index contributed by atoms with van der Waals surface area (Å²) in [5.41, 5.74) is 2.52. The van der Waals surface area contributed by atoms with Crippen molar-refractivity contribution in [2.75, 3.05) is 19.2 Å². The van der Waals surface area contributed by atoms with Crippen LogP contribution in [0.1, 0.15) is 18.5 Å². The Morgan fingerprint density at radius 1 is 1.16 bits per heavy atom. The van der Waals surface area contributed by atoms with Gasteiger partial charge in [0, 0.05) is 11.8 Å². The van der Waals surface area contributed by atoms with Crippen LogP contribution in [0.5, 0.6) is 17.2 Å². The van der Waals surface area contributed by atoms with Crippen molar-refractivity contribution >= 4 is 17.8 Å². The SMILES string of the molecule is COc1cccc(C(C)NC(=O)Nc2nc3nccc(-c4ccc5c(c4)OCO5)n3n2)c1. The predicted octanol–water partition coefficient (Wildman–Crippen LogP) is 3.41. The van der Waals surface area contributed by atoms with Crippen molar-refractivity contribution in [3.8, 4) is 28.5 Å². The highest BCUT2D eigenvalue weighted by Gasteiger charge is 2.17. The van der Waals surface area contributed by atoms with Crippen molar-refractivity contribution in [3.05, 3.63) is 60.3 Å². The summed E-state index contributed by atoms with van der Waals surface area (Å²) in [5, 5.41) is 9.95. The monoisotopic (exact) mass is 432 g/mol. The van der Waals surface area contributed by atoms with Crippen molar-refractivity contribution in [2.24, 2.45) is 0 Å². The fourth-order valence-electron chi connectivity index (χ4n) is 3.45. The molecule has 2 amide bonds. The second-order valence-electron chi connectivity index (χ2n) is 7.14. The zero-order valence-electron chi connectivity index (χ0n) is 17.4. The summed E-state index contributed by atoms with van der Waals surface area (Å²) in [6, 6.07) is 14.3. The molecule has 0 spiro atoms. The lowest BCUT2D eigenvalue weighted by Gasteiger charge is -2.14. The van der Waals surface area contributed by atoms with Crippen LogP contribution in [0.3, 0.4) is 0 Å². The molecule has 2 N–H and O–H groups in total. The van der Waals surface area contributed by atoms with E-state index in [0.717, 1.165) is 22.6 Å². The van der Waals surface area contributed by atoms with Gasteiger partial charge < -0.3 is 19.5 Å². The molecule has 162 valence electrons. The number of hydrogen-bond donors (Lipinski definition) is 2. The number of carbonyl (C=O) groups is 1. The maximum Gasteiger partial charge on any atom is 0.322 e. The standard InChI is InChI=1S/C22H20N6O4/c1-13(14-4-3-5-16(10-14)30-2)24-22(29)26-20-25-21-23-9-8-17(28(21)27-20)15-6-7-18-19(11-15)32-12-31-18/h3-11,13H,12H2,1-2H3,(H2,24,26,27,29). The number of nitrogens with one attached hydrogen (secondary N) is 2. The number of hydrogen-bond acceptors (Lipinski definition) is 7. The summed E-state index contributed by atoms with van der Waals surface area (Å²) >= 11 is 0. The molecule has 1 aliphatic rings. The molecule has 10 nitrogen and oxygen atoms in total. The normalized spacial score (nSPS) is 13.1. The second kappa shape index (κ2) is 8.06. The highest BCUT2D eigenvalue weighted by molar-refractivity contribution is 5.87. The predicted molar refractivity (Wildman–Crippen MR) is 116 cm³/mol. The quantitative estimate of drug-likeness (QED) is 0.497. The Morgan fingerprint density at radius 3 is 2.91 bits per heavy atom. The van der Waals surface area contributed by atoms with Gasteiger partial charge in [-0.05, 0) is 48.9 Å². The Hall–Kier alpha value is -4.34. The minimum Gasteiger partial charge on any atom is -0.497 e. The molecule has 0 saturated carbocycles. The zero-order chi connectivity index (χ0) is 22.1. The summed E-state index contributed by atoms with van der Waals surface area (Å²) in [7, 11) is 1.60. The fourth-order valence-corrected chi connectivity index (χ4v) is 3.45. The van der Waals surface area contributed by atoms with Gasteiger partial charge in [0.15, 0.2) is 11.5 Å². The average molecular weight is 432 g/mol. The van der Waals surface area contributed by atoms with E-state index in [2.05, 4.69) is 25.7 Å². The number of anilines is 1. The highest BCUT2D eigenvalue weighted by atomic mass is 16.7. The number of methoxy groups -OCH3 is 1. The van der Waals surface area contributed by atoms with Gasteiger partial charge in [-0.1, -0.05) is 12.1 Å². The molecule has 1 unspecified atom stereocenters. The van der Waals surface area contributed by atoms with Crippen molar-refractivity contribution in [1.82, 2.24) is 24.9 Å². The van der Waals surface area contributed by atoms with E-state index in [1.54, 1.807) is 17.8 Å². The van der Waals surface area contributed by atoms with Crippen LogP contribution < -0.4 is 24.8 Å². The van der Waals surface area contributed by atoms with Gasteiger partial charge in [0.1, 0.15) is 5.75 Å².